The maximum atomic E-state index is 11.5. The van der Waals surface area contributed by atoms with Gasteiger partial charge in [-0.05, 0) is 6.42 Å². The Hall–Kier alpha value is -0.570. The van der Waals surface area contributed by atoms with Gasteiger partial charge in [0.2, 0.25) is 5.91 Å². The Morgan fingerprint density at radius 1 is 1.50 bits per heavy atom. The smallest absolute Gasteiger partial charge is 0.225 e. The quantitative estimate of drug-likeness (QED) is 0.540. The maximum Gasteiger partial charge on any atom is 0.225 e. The average Bonchev–Trinajstić information content (AvgIpc) is 2.79. The second-order valence-corrected chi connectivity index (χ2v) is 3.94. The van der Waals surface area contributed by atoms with E-state index in [0.717, 1.165) is 19.5 Å². The molecule has 68 valence electrons. The molecular formula is C9H15NO2. The minimum atomic E-state index is 0.125. The number of rotatable bonds is 1. The molecule has 2 heterocycles. The number of epoxide rings is 1. The molecule has 0 unspecified atom stereocenters. The normalized spacial score (nSPS) is 33.4. The van der Waals surface area contributed by atoms with E-state index in [-0.39, 0.29) is 11.8 Å². The molecule has 0 aromatic heterocycles. The predicted molar refractivity (Wildman–Crippen MR) is 44.7 cm³/mol. The predicted octanol–water partition coefficient (Wildman–Crippen LogP) is 0.642. The number of carbonyl (C=O) groups excluding carboxylic acids is 1. The Bertz CT molecular complexity index is 203. The topological polar surface area (TPSA) is 32.8 Å². The fourth-order valence-corrected chi connectivity index (χ4v) is 1.75. The summed E-state index contributed by atoms with van der Waals surface area (Å²) in [5.74, 6) is 0.393. The first-order valence-corrected chi connectivity index (χ1v) is 4.62. The number of piperidine rings is 1. The maximum absolute atomic E-state index is 11.5. The van der Waals surface area contributed by atoms with Gasteiger partial charge in [0.1, 0.15) is 6.10 Å². The molecule has 0 spiro atoms. The number of likely N-dealkylation sites (tertiary alicyclic amines) is 1. The number of amides is 1. The zero-order chi connectivity index (χ0) is 8.72. The molecule has 0 bridgehead atoms. The molecule has 2 fully saturated rings. The van der Waals surface area contributed by atoms with Crippen molar-refractivity contribution in [1.29, 1.82) is 0 Å². The van der Waals surface area contributed by atoms with Crippen molar-refractivity contribution in [2.75, 3.05) is 13.1 Å². The summed E-state index contributed by atoms with van der Waals surface area (Å²) in [5, 5.41) is 0. The summed E-state index contributed by atoms with van der Waals surface area (Å²) >= 11 is 0. The van der Waals surface area contributed by atoms with E-state index < -0.39 is 0 Å². The minimum Gasteiger partial charge on any atom is -0.368 e. The molecule has 2 rings (SSSR count). The van der Waals surface area contributed by atoms with Gasteiger partial charge in [0.25, 0.3) is 0 Å². The largest absolute Gasteiger partial charge is 0.368 e. The first-order valence-electron chi connectivity index (χ1n) is 4.62. The van der Waals surface area contributed by atoms with Gasteiger partial charge in [-0.25, -0.2) is 0 Å². The summed E-state index contributed by atoms with van der Waals surface area (Å²) in [5.41, 5.74) is 0. The monoisotopic (exact) mass is 169 g/mol. The van der Waals surface area contributed by atoms with E-state index in [2.05, 4.69) is 0 Å². The van der Waals surface area contributed by atoms with E-state index in [4.69, 9.17) is 4.74 Å². The Labute approximate surface area is 72.7 Å². The van der Waals surface area contributed by atoms with Crippen molar-refractivity contribution < 1.29 is 9.53 Å². The van der Waals surface area contributed by atoms with E-state index in [9.17, 15) is 4.79 Å². The third kappa shape index (κ3) is 1.33. The van der Waals surface area contributed by atoms with Crippen LogP contribution in [-0.4, -0.2) is 36.1 Å². The van der Waals surface area contributed by atoms with Crippen molar-refractivity contribution in [2.45, 2.75) is 32.5 Å². The fourth-order valence-electron chi connectivity index (χ4n) is 1.75. The number of hydrogen-bond acceptors (Lipinski definition) is 2. The molecule has 0 saturated carbocycles. The van der Waals surface area contributed by atoms with E-state index in [1.807, 2.05) is 18.7 Å². The van der Waals surface area contributed by atoms with E-state index >= 15 is 0 Å². The average molecular weight is 169 g/mol. The Kier molecular flexibility index (Phi) is 1.83. The SMILES string of the molecule is CC(C)C(=O)N1CC[C@@H]2O[C@@H]2C1. The highest BCUT2D eigenvalue weighted by Crippen LogP contribution is 2.30. The number of carbonyl (C=O) groups is 1. The number of fused-ring (bicyclic) bond motifs is 1. The van der Waals surface area contributed by atoms with Crippen molar-refractivity contribution in [3.05, 3.63) is 0 Å². The molecule has 3 heteroatoms. The molecular weight excluding hydrogens is 154 g/mol. The lowest BCUT2D eigenvalue weighted by atomic mass is 10.1. The van der Waals surface area contributed by atoms with Gasteiger partial charge in [-0.1, -0.05) is 13.8 Å². The number of nitrogens with zero attached hydrogens (tertiary/aromatic N) is 1. The van der Waals surface area contributed by atoms with Crippen LogP contribution in [0, 0.1) is 5.92 Å². The van der Waals surface area contributed by atoms with Crippen LogP contribution in [0.1, 0.15) is 20.3 Å². The Morgan fingerprint density at radius 2 is 2.25 bits per heavy atom. The molecule has 2 aliphatic rings. The Morgan fingerprint density at radius 3 is 2.83 bits per heavy atom. The van der Waals surface area contributed by atoms with Gasteiger partial charge in [0.15, 0.2) is 0 Å². The summed E-state index contributed by atoms with van der Waals surface area (Å²) in [6.07, 6.45) is 1.87. The van der Waals surface area contributed by atoms with Gasteiger partial charge in [-0.15, -0.1) is 0 Å². The molecule has 0 aromatic rings. The van der Waals surface area contributed by atoms with Gasteiger partial charge < -0.3 is 9.64 Å². The van der Waals surface area contributed by atoms with Crippen LogP contribution in [0.3, 0.4) is 0 Å². The molecule has 12 heavy (non-hydrogen) atoms. The van der Waals surface area contributed by atoms with Crippen LogP contribution in [0.4, 0.5) is 0 Å². The third-order valence-corrected chi connectivity index (χ3v) is 2.58. The second kappa shape index (κ2) is 2.73. The molecule has 1 amide bonds. The molecule has 0 aliphatic carbocycles. The summed E-state index contributed by atoms with van der Waals surface area (Å²) in [4.78, 5) is 13.5. The second-order valence-electron chi connectivity index (χ2n) is 3.94. The van der Waals surface area contributed by atoms with Gasteiger partial charge in [-0.3, -0.25) is 4.79 Å². The summed E-state index contributed by atoms with van der Waals surface area (Å²) in [6, 6.07) is 0. The van der Waals surface area contributed by atoms with Crippen LogP contribution in [0.25, 0.3) is 0 Å². The summed E-state index contributed by atoms with van der Waals surface area (Å²) in [6.45, 7) is 5.60. The zero-order valence-corrected chi connectivity index (χ0v) is 7.62. The van der Waals surface area contributed by atoms with Crippen LogP contribution >= 0.6 is 0 Å². The van der Waals surface area contributed by atoms with Crippen LogP contribution in [0.15, 0.2) is 0 Å². The van der Waals surface area contributed by atoms with Crippen molar-refractivity contribution in [3.63, 3.8) is 0 Å². The molecule has 2 aliphatic heterocycles. The van der Waals surface area contributed by atoms with E-state index in [1.54, 1.807) is 0 Å². The molecule has 2 saturated heterocycles. The first-order chi connectivity index (χ1) is 5.68. The summed E-state index contributed by atoms with van der Waals surface area (Å²) in [7, 11) is 0. The molecule has 3 nitrogen and oxygen atoms in total. The van der Waals surface area contributed by atoms with Crippen molar-refractivity contribution in [3.8, 4) is 0 Å². The van der Waals surface area contributed by atoms with Crippen LogP contribution < -0.4 is 0 Å². The van der Waals surface area contributed by atoms with Crippen molar-refractivity contribution >= 4 is 5.91 Å². The molecule has 0 aromatic carbocycles. The van der Waals surface area contributed by atoms with E-state index in [1.165, 1.54) is 0 Å². The van der Waals surface area contributed by atoms with Gasteiger partial charge in [0.05, 0.1) is 6.10 Å². The number of hydrogen-bond donors (Lipinski definition) is 0. The Balaban J connectivity index is 1.91. The lowest BCUT2D eigenvalue weighted by molar-refractivity contribution is -0.135. The third-order valence-electron chi connectivity index (χ3n) is 2.58. The standard InChI is InChI=1S/C9H15NO2/c1-6(2)9(11)10-4-3-7-8(5-10)12-7/h6-8H,3-5H2,1-2H3/t7-,8+/m0/s1. The fraction of sp³-hybridized carbons (Fsp3) is 0.889. The molecule has 0 N–H and O–H groups in total. The van der Waals surface area contributed by atoms with Crippen LogP contribution in [-0.2, 0) is 9.53 Å². The summed E-state index contributed by atoms with van der Waals surface area (Å²) < 4.78 is 5.34. The lowest BCUT2D eigenvalue weighted by Gasteiger charge is -2.25. The van der Waals surface area contributed by atoms with Gasteiger partial charge >= 0.3 is 0 Å². The highest BCUT2D eigenvalue weighted by Gasteiger charge is 2.44. The van der Waals surface area contributed by atoms with Crippen molar-refractivity contribution in [1.82, 2.24) is 4.90 Å². The van der Waals surface area contributed by atoms with Crippen LogP contribution in [0.5, 0.6) is 0 Å². The first kappa shape index (κ1) is 8.05. The highest BCUT2D eigenvalue weighted by atomic mass is 16.6. The lowest BCUT2D eigenvalue weighted by Crippen LogP contribution is -2.41. The highest BCUT2D eigenvalue weighted by molar-refractivity contribution is 5.78. The zero-order valence-electron chi connectivity index (χ0n) is 7.62. The minimum absolute atomic E-state index is 0.125. The van der Waals surface area contributed by atoms with Crippen molar-refractivity contribution in [2.24, 2.45) is 5.92 Å². The van der Waals surface area contributed by atoms with Crippen LogP contribution in [0.2, 0.25) is 0 Å². The van der Waals surface area contributed by atoms with Gasteiger partial charge in [0, 0.05) is 19.0 Å². The van der Waals surface area contributed by atoms with Gasteiger partial charge in [-0.2, -0.15) is 0 Å². The van der Waals surface area contributed by atoms with E-state index in [0.29, 0.717) is 12.2 Å². The molecule has 2 atom stereocenters. The molecule has 0 radical (unpaired) electrons. The number of ether oxygens (including phenoxy) is 1.